The number of para-hydroxylation sites is 1. The zero-order valence-corrected chi connectivity index (χ0v) is 24.9. The van der Waals surface area contributed by atoms with Crippen molar-refractivity contribution in [2.45, 2.75) is 19.3 Å². The molecular weight excluding hydrogens is 530 g/mol. The molecule has 0 fully saturated rings. The van der Waals surface area contributed by atoms with Gasteiger partial charge in [-0.15, -0.1) is 0 Å². The van der Waals surface area contributed by atoms with Crippen LogP contribution < -0.4 is 0 Å². The lowest BCUT2D eigenvalue weighted by atomic mass is 9.82. The van der Waals surface area contributed by atoms with E-state index in [0.717, 1.165) is 0 Å². The van der Waals surface area contributed by atoms with E-state index in [-0.39, 0.29) is 5.41 Å². The van der Waals surface area contributed by atoms with Crippen molar-refractivity contribution in [1.29, 1.82) is 0 Å². The molecule has 0 spiro atoms. The zero-order chi connectivity index (χ0) is 29.4. The number of rotatable bonds is 3. The van der Waals surface area contributed by atoms with Crippen LogP contribution in [0, 0.1) is 0 Å². The van der Waals surface area contributed by atoms with Crippen molar-refractivity contribution in [3.05, 3.63) is 163 Å². The Kier molecular flexibility index (Phi) is 5.31. The molecule has 0 saturated carbocycles. The summed E-state index contributed by atoms with van der Waals surface area (Å²) < 4.78 is 2.47. The first-order chi connectivity index (χ1) is 21.6. The summed E-state index contributed by atoms with van der Waals surface area (Å²) in [6, 6.07) is 55.9. The van der Waals surface area contributed by atoms with Gasteiger partial charge in [0.15, 0.2) is 0 Å². The van der Waals surface area contributed by atoms with Gasteiger partial charge >= 0.3 is 0 Å². The minimum absolute atomic E-state index is 0.0314. The molecule has 0 saturated heterocycles. The van der Waals surface area contributed by atoms with E-state index in [1.54, 1.807) is 0 Å². The molecule has 0 unspecified atom stereocenters. The van der Waals surface area contributed by atoms with E-state index in [1.807, 2.05) is 0 Å². The van der Waals surface area contributed by atoms with Crippen molar-refractivity contribution in [2.75, 3.05) is 0 Å². The van der Waals surface area contributed by atoms with Crippen molar-refractivity contribution < 1.29 is 0 Å². The van der Waals surface area contributed by atoms with Crippen LogP contribution in [0.25, 0.3) is 71.6 Å². The van der Waals surface area contributed by atoms with E-state index < -0.39 is 0 Å². The van der Waals surface area contributed by atoms with Crippen LogP contribution in [0.4, 0.5) is 0 Å². The lowest BCUT2D eigenvalue weighted by molar-refractivity contribution is 0.661. The summed E-state index contributed by atoms with van der Waals surface area (Å²) in [5.74, 6) is 0. The first kappa shape index (κ1) is 25.1. The Morgan fingerprint density at radius 1 is 0.409 bits per heavy atom. The van der Waals surface area contributed by atoms with Crippen molar-refractivity contribution in [3.8, 4) is 39.1 Å². The van der Waals surface area contributed by atoms with Crippen LogP contribution in [-0.4, -0.2) is 4.57 Å². The fourth-order valence-corrected chi connectivity index (χ4v) is 7.53. The molecule has 0 atom stereocenters. The zero-order valence-electron chi connectivity index (χ0n) is 24.9. The van der Waals surface area contributed by atoms with Gasteiger partial charge in [-0.05, 0) is 104 Å². The molecule has 0 bridgehead atoms. The fourth-order valence-electron chi connectivity index (χ4n) is 7.53. The molecule has 1 aromatic heterocycles. The highest BCUT2D eigenvalue weighted by atomic mass is 15.0. The third-order valence-electron chi connectivity index (χ3n) is 9.72. The second kappa shape index (κ2) is 9.30. The number of hydrogen-bond acceptors (Lipinski definition) is 0. The molecule has 1 nitrogen and oxygen atoms in total. The normalized spacial score (nSPS) is 13.4. The molecular formula is C43H31N. The average molecular weight is 562 g/mol. The quantitative estimate of drug-likeness (QED) is 0.202. The van der Waals surface area contributed by atoms with Gasteiger partial charge in [0.2, 0.25) is 0 Å². The molecule has 1 aliphatic rings. The highest BCUT2D eigenvalue weighted by Crippen LogP contribution is 2.50. The molecule has 208 valence electrons. The summed E-state index contributed by atoms with van der Waals surface area (Å²) in [5, 5.41) is 5.13. The van der Waals surface area contributed by atoms with Crippen LogP contribution in [0.5, 0.6) is 0 Å². The van der Waals surface area contributed by atoms with Gasteiger partial charge in [0.1, 0.15) is 0 Å². The van der Waals surface area contributed by atoms with E-state index in [2.05, 4.69) is 170 Å². The van der Waals surface area contributed by atoms with Gasteiger partial charge in [-0.2, -0.15) is 0 Å². The first-order valence-corrected chi connectivity index (χ1v) is 15.4. The summed E-state index contributed by atoms with van der Waals surface area (Å²) in [6.07, 6.45) is 0. The first-order valence-electron chi connectivity index (χ1n) is 15.4. The molecule has 0 aliphatic heterocycles. The molecule has 0 amide bonds. The van der Waals surface area contributed by atoms with Crippen LogP contribution in [-0.2, 0) is 5.41 Å². The van der Waals surface area contributed by atoms with Gasteiger partial charge in [-0.1, -0.05) is 117 Å². The molecule has 1 heteroatoms. The fraction of sp³-hybridized carbons (Fsp3) is 0.0698. The van der Waals surface area contributed by atoms with Crippen molar-refractivity contribution >= 4 is 32.6 Å². The maximum atomic E-state index is 2.47. The van der Waals surface area contributed by atoms with Crippen molar-refractivity contribution in [3.63, 3.8) is 0 Å². The Bertz CT molecular complexity index is 2330. The number of hydrogen-bond donors (Lipinski definition) is 0. The van der Waals surface area contributed by atoms with E-state index in [4.69, 9.17) is 0 Å². The Labute approximate surface area is 257 Å². The molecule has 44 heavy (non-hydrogen) atoms. The maximum Gasteiger partial charge on any atom is 0.0547 e. The minimum atomic E-state index is -0.0314. The number of benzene rings is 7. The summed E-state index contributed by atoms with van der Waals surface area (Å²) in [6.45, 7) is 4.72. The minimum Gasteiger partial charge on any atom is -0.309 e. The third-order valence-corrected chi connectivity index (χ3v) is 9.72. The third kappa shape index (κ3) is 3.66. The lowest BCUT2D eigenvalue weighted by Gasteiger charge is -2.21. The van der Waals surface area contributed by atoms with Gasteiger partial charge in [0.25, 0.3) is 0 Å². The molecule has 1 aliphatic carbocycles. The Hall–Kier alpha value is -5.40. The Morgan fingerprint density at radius 2 is 1.02 bits per heavy atom. The molecule has 0 radical (unpaired) electrons. The Morgan fingerprint density at radius 3 is 1.75 bits per heavy atom. The van der Waals surface area contributed by atoms with Gasteiger partial charge in [-0.3, -0.25) is 0 Å². The number of fused-ring (bicyclic) bond motifs is 7. The van der Waals surface area contributed by atoms with E-state index in [9.17, 15) is 0 Å². The maximum absolute atomic E-state index is 2.47. The van der Waals surface area contributed by atoms with Gasteiger partial charge in [0, 0.05) is 21.9 Å². The second-order valence-corrected chi connectivity index (χ2v) is 12.6. The monoisotopic (exact) mass is 561 g/mol. The molecule has 1 heterocycles. The van der Waals surface area contributed by atoms with Crippen LogP contribution >= 0.6 is 0 Å². The predicted molar refractivity (Wildman–Crippen MR) is 187 cm³/mol. The molecule has 9 rings (SSSR count). The van der Waals surface area contributed by atoms with Crippen LogP contribution in [0.3, 0.4) is 0 Å². The second-order valence-electron chi connectivity index (χ2n) is 12.6. The topological polar surface area (TPSA) is 4.93 Å². The average Bonchev–Trinajstić information content (AvgIpc) is 3.51. The number of nitrogens with zero attached hydrogens (tertiary/aromatic N) is 1. The molecule has 7 aromatic carbocycles. The number of aromatic nitrogens is 1. The van der Waals surface area contributed by atoms with Gasteiger partial charge in [0.05, 0.1) is 11.0 Å². The van der Waals surface area contributed by atoms with Crippen LogP contribution in [0.1, 0.15) is 25.0 Å². The largest absolute Gasteiger partial charge is 0.309 e. The van der Waals surface area contributed by atoms with Crippen molar-refractivity contribution in [2.24, 2.45) is 0 Å². The molecule has 0 N–H and O–H groups in total. The van der Waals surface area contributed by atoms with E-state index in [1.165, 1.54) is 82.8 Å². The smallest absolute Gasteiger partial charge is 0.0547 e. The summed E-state index contributed by atoms with van der Waals surface area (Å²) in [7, 11) is 0. The van der Waals surface area contributed by atoms with E-state index >= 15 is 0 Å². The lowest BCUT2D eigenvalue weighted by Crippen LogP contribution is -2.14. The van der Waals surface area contributed by atoms with Crippen LogP contribution in [0.15, 0.2) is 152 Å². The van der Waals surface area contributed by atoms with Crippen molar-refractivity contribution in [1.82, 2.24) is 4.57 Å². The van der Waals surface area contributed by atoms with E-state index in [0.29, 0.717) is 0 Å². The summed E-state index contributed by atoms with van der Waals surface area (Å²) >= 11 is 0. The highest BCUT2D eigenvalue weighted by molar-refractivity contribution is 6.14. The van der Waals surface area contributed by atoms with Gasteiger partial charge < -0.3 is 4.57 Å². The standard InChI is InChI=1S/C43H31N/c1-43(2)39-19-11-9-17-35(39)37-24-32-25-38-36-18-10-12-20-41(36)44(42(38)27-33(32)26-40(37)43)34-22-30(28-13-5-3-6-14-28)21-31(23-34)29-15-7-4-8-16-29/h3-27H,1-2H3. The van der Waals surface area contributed by atoms with Crippen LogP contribution in [0.2, 0.25) is 0 Å². The molecule has 8 aromatic rings. The summed E-state index contributed by atoms with van der Waals surface area (Å²) in [4.78, 5) is 0. The Balaban J connectivity index is 1.35. The van der Waals surface area contributed by atoms with Gasteiger partial charge in [-0.25, -0.2) is 0 Å². The highest BCUT2D eigenvalue weighted by Gasteiger charge is 2.35. The summed E-state index contributed by atoms with van der Waals surface area (Å²) in [5.41, 5.74) is 14.0. The SMILES string of the molecule is CC1(C)c2ccccc2-c2cc3cc4c5ccccc5n(-c5cc(-c6ccccc6)cc(-c6ccccc6)c5)c4cc3cc21. The predicted octanol–water partition coefficient (Wildman–Crippen LogP) is 11.6.